The number of phenols is 1. The molecule has 1 fully saturated rings. The van der Waals surface area contributed by atoms with Crippen molar-refractivity contribution in [2.24, 2.45) is 0 Å². The van der Waals surface area contributed by atoms with Crippen molar-refractivity contribution in [1.82, 2.24) is 4.90 Å². The SMILES string of the molecule is Cc1c(Cl)cccc1N1CCN(Cc2cc(O)ccc2Cl)CC1. The number of benzene rings is 2. The molecule has 1 aliphatic heterocycles. The zero-order valence-corrected chi connectivity index (χ0v) is 14.6. The molecule has 0 atom stereocenters. The van der Waals surface area contributed by atoms with Gasteiger partial charge >= 0.3 is 0 Å². The monoisotopic (exact) mass is 350 g/mol. The fraction of sp³-hybridized carbons (Fsp3) is 0.333. The number of hydrogen-bond donors (Lipinski definition) is 1. The number of anilines is 1. The molecule has 0 radical (unpaired) electrons. The van der Waals surface area contributed by atoms with Crippen molar-refractivity contribution in [2.45, 2.75) is 13.5 Å². The van der Waals surface area contributed by atoms with E-state index >= 15 is 0 Å². The molecule has 0 aliphatic carbocycles. The highest BCUT2D eigenvalue weighted by Crippen LogP contribution is 2.28. The van der Waals surface area contributed by atoms with Crippen molar-refractivity contribution in [1.29, 1.82) is 0 Å². The lowest BCUT2D eigenvalue weighted by Crippen LogP contribution is -2.46. The maximum absolute atomic E-state index is 9.62. The van der Waals surface area contributed by atoms with Crippen molar-refractivity contribution in [3.05, 3.63) is 57.6 Å². The molecule has 122 valence electrons. The average molecular weight is 351 g/mol. The van der Waals surface area contributed by atoms with Crippen molar-refractivity contribution in [3.8, 4) is 5.75 Å². The van der Waals surface area contributed by atoms with Crippen molar-refractivity contribution in [2.75, 3.05) is 31.1 Å². The van der Waals surface area contributed by atoms with Crippen LogP contribution in [-0.4, -0.2) is 36.2 Å². The summed E-state index contributed by atoms with van der Waals surface area (Å²) in [5.41, 5.74) is 3.32. The fourth-order valence-corrected chi connectivity index (χ4v) is 3.36. The van der Waals surface area contributed by atoms with Gasteiger partial charge < -0.3 is 10.0 Å². The molecule has 0 unspecified atom stereocenters. The summed E-state index contributed by atoms with van der Waals surface area (Å²) in [6.07, 6.45) is 0. The minimum Gasteiger partial charge on any atom is -0.508 e. The van der Waals surface area contributed by atoms with E-state index in [0.29, 0.717) is 5.02 Å². The highest BCUT2D eigenvalue weighted by atomic mass is 35.5. The zero-order chi connectivity index (χ0) is 16.4. The van der Waals surface area contributed by atoms with Crippen LogP contribution in [0.4, 0.5) is 5.69 Å². The standard InChI is InChI=1S/C18H20Cl2N2O/c1-13-16(19)3-2-4-18(13)22-9-7-21(8-10-22)12-14-11-15(23)5-6-17(14)20/h2-6,11,23H,7-10,12H2,1H3. The van der Waals surface area contributed by atoms with Crippen molar-refractivity contribution >= 4 is 28.9 Å². The first-order valence-corrected chi connectivity index (χ1v) is 8.50. The van der Waals surface area contributed by atoms with E-state index in [-0.39, 0.29) is 5.75 Å². The topological polar surface area (TPSA) is 26.7 Å². The Morgan fingerprint density at radius 3 is 2.48 bits per heavy atom. The molecule has 0 amide bonds. The maximum Gasteiger partial charge on any atom is 0.116 e. The number of piperazine rings is 1. The first kappa shape index (κ1) is 16.4. The van der Waals surface area contributed by atoms with Crippen LogP contribution in [0.1, 0.15) is 11.1 Å². The van der Waals surface area contributed by atoms with Gasteiger partial charge in [-0.05, 0) is 48.4 Å². The van der Waals surface area contributed by atoms with Gasteiger partial charge in [0.25, 0.3) is 0 Å². The molecular weight excluding hydrogens is 331 g/mol. The molecule has 1 N–H and O–H groups in total. The molecule has 0 saturated carbocycles. The molecule has 3 nitrogen and oxygen atoms in total. The van der Waals surface area contributed by atoms with Crippen LogP contribution in [0.5, 0.6) is 5.75 Å². The van der Waals surface area contributed by atoms with Gasteiger partial charge in [0.1, 0.15) is 5.75 Å². The molecule has 1 saturated heterocycles. The van der Waals surface area contributed by atoms with Crippen LogP contribution in [0, 0.1) is 6.92 Å². The molecule has 3 rings (SSSR count). The third kappa shape index (κ3) is 3.74. The fourth-order valence-electron chi connectivity index (χ4n) is 3.01. The highest BCUT2D eigenvalue weighted by molar-refractivity contribution is 6.31. The maximum atomic E-state index is 9.62. The lowest BCUT2D eigenvalue weighted by atomic mass is 10.1. The van der Waals surface area contributed by atoms with Crippen molar-refractivity contribution < 1.29 is 5.11 Å². The van der Waals surface area contributed by atoms with Gasteiger partial charge in [0.2, 0.25) is 0 Å². The van der Waals surface area contributed by atoms with Gasteiger partial charge in [-0.1, -0.05) is 29.3 Å². The van der Waals surface area contributed by atoms with Gasteiger partial charge in [0.15, 0.2) is 0 Å². The quantitative estimate of drug-likeness (QED) is 0.892. The number of nitrogens with zero attached hydrogens (tertiary/aromatic N) is 2. The van der Waals surface area contributed by atoms with Crippen LogP contribution >= 0.6 is 23.2 Å². The molecule has 0 spiro atoms. The zero-order valence-electron chi connectivity index (χ0n) is 13.1. The van der Waals surface area contributed by atoms with Gasteiger partial charge in [-0.2, -0.15) is 0 Å². The molecule has 23 heavy (non-hydrogen) atoms. The Balaban J connectivity index is 1.64. The summed E-state index contributed by atoms with van der Waals surface area (Å²) in [4.78, 5) is 4.73. The van der Waals surface area contributed by atoms with Crippen LogP contribution in [0.15, 0.2) is 36.4 Å². The van der Waals surface area contributed by atoms with E-state index in [2.05, 4.69) is 22.8 Å². The summed E-state index contributed by atoms with van der Waals surface area (Å²) in [5, 5.41) is 11.1. The Bertz CT molecular complexity index is 697. The molecule has 1 aliphatic rings. The summed E-state index contributed by atoms with van der Waals surface area (Å²) in [6.45, 7) is 6.65. The molecule has 0 aromatic heterocycles. The van der Waals surface area contributed by atoms with Gasteiger partial charge in [-0.15, -0.1) is 0 Å². The normalized spacial score (nSPS) is 15.9. The second kappa shape index (κ2) is 7.00. The number of phenolic OH excluding ortho intramolecular Hbond substituents is 1. The average Bonchev–Trinajstić information content (AvgIpc) is 2.54. The number of rotatable bonds is 3. The van der Waals surface area contributed by atoms with Crippen LogP contribution in [-0.2, 0) is 6.54 Å². The van der Waals surface area contributed by atoms with E-state index in [1.54, 1.807) is 18.2 Å². The van der Waals surface area contributed by atoms with E-state index in [4.69, 9.17) is 23.2 Å². The van der Waals surface area contributed by atoms with Gasteiger partial charge in [-0.3, -0.25) is 4.90 Å². The first-order valence-electron chi connectivity index (χ1n) is 7.74. The van der Waals surface area contributed by atoms with E-state index < -0.39 is 0 Å². The highest BCUT2D eigenvalue weighted by Gasteiger charge is 2.19. The van der Waals surface area contributed by atoms with E-state index in [1.165, 1.54) is 5.69 Å². The lowest BCUT2D eigenvalue weighted by Gasteiger charge is -2.37. The third-order valence-corrected chi connectivity index (χ3v) is 5.15. The minimum atomic E-state index is 0.262. The van der Waals surface area contributed by atoms with Crippen LogP contribution < -0.4 is 4.90 Å². The smallest absolute Gasteiger partial charge is 0.116 e. The molecule has 2 aromatic carbocycles. The van der Waals surface area contributed by atoms with Crippen LogP contribution in [0.3, 0.4) is 0 Å². The molecule has 0 bridgehead atoms. The second-order valence-electron chi connectivity index (χ2n) is 5.92. The summed E-state index contributed by atoms with van der Waals surface area (Å²) in [6, 6.07) is 11.2. The summed E-state index contributed by atoms with van der Waals surface area (Å²) in [5.74, 6) is 0.262. The predicted octanol–water partition coefficient (Wildman–Crippen LogP) is 4.33. The second-order valence-corrected chi connectivity index (χ2v) is 6.74. The van der Waals surface area contributed by atoms with Gasteiger partial charge in [0, 0.05) is 48.5 Å². The molecule has 2 aromatic rings. The third-order valence-electron chi connectivity index (χ3n) is 4.38. The largest absolute Gasteiger partial charge is 0.508 e. The molecular formula is C18H20Cl2N2O. The van der Waals surface area contributed by atoms with E-state index in [9.17, 15) is 5.11 Å². The predicted molar refractivity (Wildman–Crippen MR) is 96.8 cm³/mol. The Kier molecular flexibility index (Phi) is 5.00. The minimum absolute atomic E-state index is 0.262. The Morgan fingerprint density at radius 2 is 1.74 bits per heavy atom. The van der Waals surface area contributed by atoms with Gasteiger partial charge in [0.05, 0.1) is 0 Å². The first-order chi connectivity index (χ1) is 11.0. The summed E-state index contributed by atoms with van der Waals surface area (Å²) in [7, 11) is 0. The molecule has 5 heteroatoms. The van der Waals surface area contributed by atoms with E-state index in [1.807, 2.05) is 12.1 Å². The Labute approximate surface area is 147 Å². The summed E-state index contributed by atoms with van der Waals surface area (Å²) < 4.78 is 0. The van der Waals surface area contributed by atoms with Crippen molar-refractivity contribution in [3.63, 3.8) is 0 Å². The van der Waals surface area contributed by atoms with Gasteiger partial charge in [-0.25, -0.2) is 0 Å². The van der Waals surface area contributed by atoms with Crippen LogP contribution in [0.25, 0.3) is 0 Å². The molecule has 1 heterocycles. The Hall–Kier alpha value is -1.42. The Morgan fingerprint density at radius 1 is 1.00 bits per heavy atom. The van der Waals surface area contributed by atoms with Crippen LogP contribution in [0.2, 0.25) is 10.0 Å². The summed E-state index contributed by atoms with van der Waals surface area (Å²) >= 11 is 12.4. The number of hydrogen-bond acceptors (Lipinski definition) is 3. The number of aromatic hydroxyl groups is 1. The number of halogens is 2. The lowest BCUT2D eigenvalue weighted by molar-refractivity contribution is 0.249. The van der Waals surface area contributed by atoms with E-state index in [0.717, 1.165) is 48.9 Å².